The Morgan fingerprint density at radius 2 is 2.04 bits per heavy atom. The number of aromatic nitrogens is 1. The van der Waals surface area contributed by atoms with Crippen LogP contribution in [0.2, 0.25) is 0 Å². The molecule has 2 saturated heterocycles. The third kappa shape index (κ3) is 3.64. The minimum Gasteiger partial charge on any atom is -0.356 e. The van der Waals surface area contributed by atoms with Crippen LogP contribution >= 0.6 is 0 Å². The SMILES string of the molecule is N#Cc1cccc(N2CCCC(C(=O)N3CCC(F)(F)CC3)C2)n1. The monoisotopic (exact) mass is 334 g/mol. The third-order valence-corrected chi connectivity index (χ3v) is 4.75. The zero-order valence-corrected chi connectivity index (χ0v) is 13.4. The van der Waals surface area contributed by atoms with E-state index in [9.17, 15) is 13.6 Å². The summed E-state index contributed by atoms with van der Waals surface area (Å²) in [5.41, 5.74) is 0.346. The summed E-state index contributed by atoms with van der Waals surface area (Å²) >= 11 is 0. The molecule has 2 aliphatic rings. The summed E-state index contributed by atoms with van der Waals surface area (Å²) in [6, 6.07) is 7.26. The third-order valence-electron chi connectivity index (χ3n) is 4.75. The molecule has 7 heteroatoms. The number of piperidine rings is 2. The molecular weight excluding hydrogens is 314 g/mol. The molecule has 0 spiro atoms. The number of anilines is 1. The molecule has 3 heterocycles. The number of carbonyl (C=O) groups is 1. The van der Waals surface area contributed by atoms with Crippen molar-refractivity contribution in [1.29, 1.82) is 5.26 Å². The van der Waals surface area contributed by atoms with Gasteiger partial charge in [-0.2, -0.15) is 5.26 Å². The molecule has 0 saturated carbocycles. The molecule has 2 fully saturated rings. The summed E-state index contributed by atoms with van der Waals surface area (Å²) in [5.74, 6) is -2.18. The molecule has 1 amide bonds. The summed E-state index contributed by atoms with van der Waals surface area (Å²) in [5, 5.41) is 8.96. The predicted octanol–water partition coefficient (Wildman–Crippen LogP) is 2.43. The van der Waals surface area contributed by atoms with Crippen molar-refractivity contribution >= 4 is 11.7 Å². The van der Waals surface area contributed by atoms with Crippen LogP contribution in [0.15, 0.2) is 18.2 Å². The number of carbonyl (C=O) groups excluding carboxylic acids is 1. The molecule has 2 aliphatic heterocycles. The van der Waals surface area contributed by atoms with Crippen molar-refractivity contribution < 1.29 is 13.6 Å². The second-order valence-corrected chi connectivity index (χ2v) is 6.46. The Hall–Kier alpha value is -2.23. The highest BCUT2D eigenvalue weighted by atomic mass is 19.3. The largest absolute Gasteiger partial charge is 0.356 e. The quantitative estimate of drug-likeness (QED) is 0.833. The maximum Gasteiger partial charge on any atom is 0.251 e. The van der Waals surface area contributed by atoms with E-state index in [0.29, 0.717) is 18.1 Å². The van der Waals surface area contributed by atoms with Crippen molar-refractivity contribution in [3.05, 3.63) is 23.9 Å². The maximum absolute atomic E-state index is 13.3. The minimum absolute atomic E-state index is 0.0355. The van der Waals surface area contributed by atoms with Gasteiger partial charge in [0.05, 0.1) is 5.92 Å². The van der Waals surface area contributed by atoms with Gasteiger partial charge < -0.3 is 9.80 Å². The van der Waals surface area contributed by atoms with Gasteiger partial charge in [-0.25, -0.2) is 13.8 Å². The molecule has 1 aromatic rings. The van der Waals surface area contributed by atoms with Crippen LogP contribution in [-0.4, -0.2) is 47.9 Å². The molecule has 0 radical (unpaired) electrons. The fraction of sp³-hybridized carbons (Fsp3) is 0.588. The molecule has 5 nitrogen and oxygen atoms in total. The fourth-order valence-corrected chi connectivity index (χ4v) is 3.36. The van der Waals surface area contributed by atoms with Gasteiger partial charge in [-0.05, 0) is 25.0 Å². The number of pyridine rings is 1. The minimum atomic E-state index is -2.64. The van der Waals surface area contributed by atoms with Crippen molar-refractivity contribution in [3.63, 3.8) is 0 Å². The Morgan fingerprint density at radius 1 is 1.29 bits per heavy atom. The molecule has 1 atom stereocenters. The first-order valence-corrected chi connectivity index (χ1v) is 8.27. The van der Waals surface area contributed by atoms with E-state index in [1.165, 1.54) is 0 Å². The van der Waals surface area contributed by atoms with Gasteiger partial charge in [0.25, 0.3) is 5.92 Å². The highest BCUT2D eigenvalue weighted by Crippen LogP contribution is 2.30. The lowest BCUT2D eigenvalue weighted by molar-refractivity contribution is -0.141. The lowest BCUT2D eigenvalue weighted by Crippen LogP contribution is -2.49. The molecule has 1 aromatic heterocycles. The molecule has 128 valence electrons. The van der Waals surface area contributed by atoms with Gasteiger partial charge in [-0.3, -0.25) is 4.79 Å². The lowest BCUT2D eigenvalue weighted by atomic mass is 9.95. The molecule has 0 aliphatic carbocycles. The van der Waals surface area contributed by atoms with E-state index >= 15 is 0 Å². The first kappa shape index (κ1) is 16.6. The summed E-state index contributed by atoms with van der Waals surface area (Å²) in [4.78, 5) is 20.5. The number of likely N-dealkylation sites (tertiary alicyclic amines) is 1. The van der Waals surface area contributed by atoms with Crippen LogP contribution in [0.4, 0.5) is 14.6 Å². The van der Waals surface area contributed by atoms with Gasteiger partial charge in [0.1, 0.15) is 17.6 Å². The van der Waals surface area contributed by atoms with Gasteiger partial charge in [0, 0.05) is 39.0 Å². The molecular formula is C17H20F2N4O. The predicted molar refractivity (Wildman–Crippen MR) is 84.7 cm³/mol. The van der Waals surface area contributed by atoms with E-state index < -0.39 is 5.92 Å². The average Bonchev–Trinajstić information content (AvgIpc) is 2.61. The zero-order valence-electron chi connectivity index (χ0n) is 13.4. The molecule has 3 rings (SSSR count). The summed E-state index contributed by atoms with van der Waals surface area (Å²) in [6.07, 6.45) is 1.11. The number of hydrogen-bond acceptors (Lipinski definition) is 4. The lowest BCUT2D eigenvalue weighted by Gasteiger charge is -2.38. The number of amides is 1. The summed E-state index contributed by atoms with van der Waals surface area (Å²) < 4.78 is 26.5. The average molecular weight is 334 g/mol. The van der Waals surface area contributed by atoms with Gasteiger partial charge in [0.2, 0.25) is 5.91 Å². The van der Waals surface area contributed by atoms with Gasteiger partial charge >= 0.3 is 0 Å². The Kier molecular flexibility index (Phi) is 4.65. The van der Waals surface area contributed by atoms with Crippen molar-refractivity contribution in [2.75, 3.05) is 31.1 Å². The Bertz CT molecular complexity index is 648. The van der Waals surface area contributed by atoms with E-state index in [-0.39, 0.29) is 37.8 Å². The zero-order chi connectivity index (χ0) is 17.2. The second-order valence-electron chi connectivity index (χ2n) is 6.46. The van der Waals surface area contributed by atoms with E-state index in [0.717, 1.165) is 19.4 Å². The molecule has 0 bridgehead atoms. The van der Waals surface area contributed by atoms with Gasteiger partial charge in [0.15, 0.2) is 0 Å². The first-order chi connectivity index (χ1) is 11.5. The van der Waals surface area contributed by atoms with Crippen LogP contribution in [0.1, 0.15) is 31.4 Å². The highest BCUT2D eigenvalue weighted by molar-refractivity contribution is 5.80. The standard InChI is InChI=1S/C17H20F2N4O/c18-17(19)6-9-22(10-7-17)16(24)13-3-2-8-23(12-13)15-5-1-4-14(11-20)21-15/h1,4-5,13H,2-3,6-10,12H2. The van der Waals surface area contributed by atoms with Crippen molar-refractivity contribution in [2.24, 2.45) is 5.92 Å². The molecule has 0 N–H and O–H groups in total. The van der Waals surface area contributed by atoms with Crippen molar-refractivity contribution in [1.82, 2.24) is 9.88 Å². The van der Waals surface area contributed by atoms with Crippen LogP contribution in [0.5, 0.6) is 0 Å². The number of nitriles is 1. The highest BCUT2D eigenvalue weighted by Gasteiger charge is 2.38. The Balaban J connectivity index is 1.65. The van der Waals surface area contributed by atoms with Crippen LogP contribution in [0.25, 0.3) is 0 Å². The van der Waals surface area contributed by atoms with Gasteiger partial charge in [-0.15, -0.1) is 0 Å². The second kappa shape index (κ2) is 6.71. The summed E-state index contributed by atoms with van der Waals surface area (Å²) in [7, 11) is 0. The Morgan fingerprint density at radius 3 is 2.75 bits per heavy atom. The Labute approximate surface area is 139 Å². The maximum atomic E-state index is 13.3. The van der Waals surface area contributed by atoms with Crippen LogP contribution in [0.3, 0.4) is 0 Å². The van der Waals surface area contributed by atoms with Gasteiger partial charge in [-0.1, -0.05) is 6.07 Å². The molecule has 24 heavy (non-hydrogen) atoms. The van der Waals surface area contributed by atoms with E-state index in [1.54, 1.807) is 17.0 Å². The normalized spacial score (nSPS) is 23.6. The topological polar surface area (TPSA) is 60.2 Å². The van der Waals surface area contributed by atoms with E-state index in [1.807, 2.05) is 17.0 Å². The van der Waals surface area contributed by atoms with Crippen molar-refractivity contribution in [3.8, 4) is 6.07 Å². The van der Waals surface area contributed by atoms with Crippen LogP contribution < -0.4 is 4.90 Å². The first-order valence-electron chi connectivity index (χ1n) is 8.27. The van der Waals surface area contributed by atoms with E-state index in [2.05, 4.69) is 4.98 Å². The molecule has 0 aromatic carbocycles. The number of alkyl halides is 2. The number of rotatable bonds is 2. The molecule has 1 unspecified atom stereocenters. The fourth-order valence-electron chi connectivity index (χ4n) is 3.36. The van der Waals surface area contributed by atoms with Crippen LogP contribution in [-0.2, 0) is 4.79 Å². The number of halogens is 2. The smallest absolute Gasteiger partial charge is 0.251 e. The number of hydrogen-bond donors (Lipinski definition) is 0. The number of nitrogens with zero attached hydrogens (tertiary/aromatic N) is 4. The van der Waals surface area contributed by atoms with Crippen LogP contribution in [0, 0.1) is 17.2 Å². The van der Waals surface area contributed by atoms with E-state index in [4.69, 9.17) is 5.26 Å². The van der Waals surface area contributed by atoms with Crippen molar-refractivity contribution in [2.45, 2.75) is 31.6 Å². The summed E-state index contributed by atoms with van der Waals surface area (Å²) in [6.45, 7) is 1.56.